The highest BCUT2D eigenvalue weighted by atomic mass is 32.2. The summed E-state index contributed by atoms with van der Waals surface area (Å²) in [5.41, 5.74) is 6.65. The molecule has 2 aromatic rings. The maximum absolute atomic E-state index is 5.13. The summed E-state index contributed by atoms with van der Waals surface area (Å²) in [6.45, 7) is 10.3. The molecular weight excluding hydrogens is 364 g/mol. The molecule has 3 aliphatic rings. The van der Waals surface area contributed by atoms with Gasteiger partial charge in [0.25, 0.3) is 0 Å². The van der Waals surface area contributed by atoms with E-state index in [0.29, 0.717) is 5.25 Å². The van der Waals surface area contributed by atoms with Gasteiger partial charge in [0.2, 0.25) is 0 Å². The summed E-state index contributed by atoms with van der Waals surface area (Å²) in [7, 11) is 0. The van der Waals surface area contributed by atoms with Crippen LogP contribution in [0.25, 0.3) is 0 Å². The fourth-order valence-corrected chi connectivity index (χ4v) is 5.99. The van der Waals surface area contributed by atoms with Crippen LogP contribution in [0.3, 0.4) is 0 Å². The molecule has 28 heavy (non-hydrogen) atoms. The third kappa shape index (κ3) is 3.00. The molecule has 3 aliphatic heterocycles. The molecule has 0 saturated carbocycles. The molecule has 1 aromatic carbocycles. The lowest BCUT2D eigenvalue weighted by molar-refractivity contribution is 0.320. The Kier molecular flexibility index (Phi) is 4.58. The zero-order valence-corrected chi connectivity index (χ0v) is 17.7. The Balaban J connectivity index is 1.57. The molecule has 0 bridgehead atoms. The van der Waals surface area contributed by atoms with Gasteiger partial charge in [0, 0.05) is 36.8 Å². The number of pyridine rings is 1. The predicted molar refractivity (Wildman–Crippen MR) is 118 cm³/mol. The SMILES string of the molecule is Cc1cc(N2CCCC2)c(C)cc1[C@H]1[C@H](c2ccccn2)N=C2S[C@@H](C)CN21. The zero-order valence-electron chi connectivity index (χ0n) is 16.9. The summed E-state index contributed by atoms with van der Waals surface area (Å²) in [6.07, 6.45) is 4.51. The van der Waals surface area contributed by atoms with E-state index in [0.717, 1.165) is 12.2 Å². The van der Waals surface area contributed by atoms with Gasteiger partial charge in [-0.25, -0.2) is 0 Å². The highest BCUT2D eigenvalue weighted by Gasteiger charge is 2.44. The molecule has 0 spiro atoms. The largest absolute Gasteiger partial charge is 0.371 e. The Hall–Kier alpha value is -2.01. The van der Waals surface area contributed by atoms with Crippen molar-refractivity contribution in [1.29, 1.82) is 0 Å². The number of aliphatic imine (C=N–C) groups is 1. The van der Waals surface area contributed by atoms with Gasteiger partial charge in [0.1, 0.15) is 6.04 Å². The minimum Gasteiger partial charge on any atom is -0.371 e. The molecule has 0 unspecified atom stereocenters. The van der Waals surface area contributed by atoms with Gasteiger partial charge in [-0.15, -0.1) is 0 Å². The maximum Gasteiger partial charge on any atom is 0.160 e. The van der Waals surface area contributed by atoms with Gasteiger partial charge in [-0.05, 0) is 61.6 Å². The highest BCUT2D eigenvalue weighted by molar-refractivity contribution is 8.14. The van der Waals surface area contributed by atoms with Gasteiger partial charge in [0.15, 0.2) is 5.17 Å². The number of nitrogens with zero attached hydrogens (tertiary/aromatic N) is 4. The van der Waals surface area contributed by atoms with Crippen molar-refractivity contribution in [2.24, 2.45) is 4.99 Å². The molecule has 2 saturated heterocycles. The Morgan fingerprint density at radius 1 is 1.07 bits per heavy atom. The minimum absolute atomic E-state index is 0.0759. The second-order valence-electron chi connectivity index (χ2n) is 8.33. The maximum atomic E-state index is 5.13. The van der Waals surface area contributed by atoms with Crippen molar-refractivity contribution in [3.05, 3.63) is 58.9 Å². The number of benzene rings is 1. The Bertz CT molecular complexity index is 904. The van der Waals surface area contributed by atoms with Crippen LogP contribution in [0.1, 0.15) is 54.2 Å². The van der Waals surface area contributed by atoms with E-state index >= 15 is 0 Å². The zero-order chi connectivity index (χ0) is 19.3. The summed E-state index contributed by atoms with van der Waals surface area (Å²) in [6, 6.07) is 11.3. The first-order chi connectivity index (χ1) is 13.6. The topological polar surface area (TPSA) is 31.7 Å². The quantitative estimate of drug-likeness (QED) is 0.744. The lowest BCUT2D eigenvalue weighted by Crippen LogP contribution is -2.29. The number of aromatic nitrogens is 1. The second-order valence-corrected chi connectivity index (χ2v) is 9.73. The molecule has 1 aromatic heterocycles. The van der Waals surface area contributed by atoms with Crippen LogP contribution >= 0.6 is 11.8 Å². The van der Waals surface area contributed by atoms with Crippen LogP contribution in [-0.4, -0.2) is 39.9 Å². The number of fused-ring (bicyclic) bond motifs is 1. The predicted octanol–water partition coefficient (Wildman–Crippen LogP) is 4.89. The number of anilines is 1. The van der Waals surface area contributed by atoms with Crippen molar-refractivity contribution < 1.29 is 0 Å². The van der Waals surface area contributed by atoms with Crippen LogP contribution in [0.2, 0.25) is 0 Å². The average Bonchev–Trinajstić information content (AvgIpc) is 3.40. The molecule has 5 rings (SSSR count). The molecule has 0 amide bonds. The van der Waals surface area contributed by atoms with Crippen molar-refractivity contribution in [1.82, 2.24) is 9.88 Å². The first kappa shape index (κ1) is 18.0. The summed E-state index contributed by atoms with van der Waals surface area (Å²) < 4.78 is 0. The third-order valence-electron chi connectivity index (χ3n) is 6.23. The average molecular weight is 393 g/mol. The van der Waals surface area contributed by atoms with Gasteiger partial charge < -0.3 is 9.80 Å². The smallest absolute Gasteiger partial charge is 0.160 e. The van der Waals surface area contributed by atoms with E-state index in [4.69, 9.17) is 4.99 Å². The van der Waals surface area contributed by atoms with Crippen molar-refractivity contribution in [3.8, 4) is 0 Å². The van der Waals surface area contributed by atoms with Crippen LogP contribution in [0.15, 0.2) is 41.5 Å². The Morgan fingerprint density at radius 3 is 2.64 bits per heavy atom. The summed E-state index contributed by atoms with van der Waals surface area (Å²) >= 11 is 1.91. The normalized spacial score (nSPS) is 26.7. The van der Waals surface area contributed by atoms with E-state index in [1.54, 1.807) is 0 Å². The molecule has 2 fully saturated rings. The van der Waals surface area contributed by atoms with Crippen LogP contribution in [0.5, 0.6) is 0 Å². The van der Waals surface area contributed by atoms with Crippen LogP contribution < -0.4 is 4.90 Å². The highest BCUT2D eigenvalue weighted by Crippen LogP contribution is 2.48. The fraction of sp³-hybridized carbons (Fsp3) is 0.478. The number of aryl methyl sites for hydroxylation is 2. The van der Waals surface area contributed by atoms with Gasteiger partial charge in [-0.1, -0.05) is 30.8 Å². The van der Waals surface area contributed by atoms with Crippen molar-refractivity contribution in [2.75, 3.05) is 24.5 Å². The molecule has 0 aliphatic carbocycles. The molecule has 146 valence electrons. The third-order valence-corrected chi connectivity index (χ3v) is 7.33. The minimum atomic E-state index is 0.0759. The van der Waals surface area contributed by atoms with E-state index in [2.05, 4.69) is 59.8 Å². The summed E-state index contributed by atoms with van der Waals surface area (Å²) in [5.74, 6) is 0. The van der Waals surface area contributed by atoms with Gasteiger partial charge in [-0.3, -0.25) is 9.98 Å². The summed E-state index contributed by atoms with van der Waals surface area (Å²) in [4.78, 5) is 14.9. The molecule has 0 radical (unpaired) electrons. The molecule has 0 N–H and O–H groups in total. The first-order valence-electron chi connectivity index (χ1n) is 10.4. The standard InChI is InChI=1S/C23H28N4S/c1-15-13-20(26-10-6-7-11-26)16(2)12-18(15)22-21(19-8-4-5-9-24-19)25-23-27(22)14-17(3)28-23/h4-5,8-9,12-13,17,21-22H,6-7,10-11,14H2,1-3H3/t17-,21-,22-/m0/s1. The van der Waals surface area contributed by atoms with E-state index in [9.17, 15) is 0 Å². The number of thioether (sulfide) groups is 1. The molecule has 4 nitrogen and oxygen atoms in total. The number of rotatable bonds is 3. The van der Waals surface area contributed by atoms with Gasteiger partial charge in [0.05, 0.1) is 11.7 Å². The van der Waals surface area contributed by atoms with Crippen molar-refractivity contribution >= 4 is 22.6 Å². The van der Waals surface area contributed by atoms with Crippen LogP contribution in [0, 0.1) is 13.8 Å². The Labute approximate surface area is 172 Å². The molecule has 4 heterocycles. The van der Waals surface area contributed by atoms with E-state index in [-0.39, 0.29) is 12.1 Å². The number of hydrogen-bond acceptors (Lipinski definition) is 5. The second kappa shape index (κ2) is 7.11. The lowest BCUT2D eigenvalue weighted by Gasteiger charge is -2.30. The number of hydrogen-bond donors (Lipinski definition) is 0. The Morgan fingerprint density at radius 2 is 1.89 bits per heavy atom. The van der Waals surface area contributed by atoms with Gasteiger partial charge in [-0.2, -0.15) is 0 Å². The monoisotopic (exact) mass is 392 g/mol. The fourth-order valence-electron chi connectivity index (χ4n) is 4.89. The van der Waals surface area contributed by atoms with Crippen molar-refractivity contribution in [3.63, 3.8) is 0 Å². The molecule has 5 heteroatoms. The molecular formula is C23H28N4S. The van der Waals surface area contributed by atoms with E-state index in [1.807, 2.05) is 24.0 Å². The van der Waals surface area contributed by atoms with E-state index < -0.39 is 0 Å². The van der Waals surface area contributed by atoms with Gasteiger partial charge >= 0.3 is 0 Å². The summed E-state index contributed by atoms with van der Waals surface area (Å²) in [5, 5.41) is 1.78. The number of amidine groups is 1. The van der Waals surface area contributed by atoms with Crippen LogP contribution in [0.4, 0.5) is 5.69 Å². The van der Waals surface area contributed by atoms with Crippen molar-refractivity contribution in [2.45, 2.75) is 50.9 Å². The van der Waals surface area contributed by atoms with E-state index in [1.165, 1.54) is 53.5 Å². The lowest BCUT2D eigenvalue weighted by atomic mass is 9.91. The van der Waals surface area contributed by atoms with Crippen LogP contribution in [-0.2, 0) is 0 Å². The first-order valence-corrected chi connectivity index (χ1v) is 11.3. The molecule has 3 atom stereocenters.